The Kier molecular flexibility index (Phi) is 4.44. The van der Waals surface area contributed by atoms with Crippen LogP contribution in [0, 0.1) is 10.1 Å². The number of nitrogens with zero attached hydrogens (tertiary/aromatic N) is 2. The molecular weight excluding hydrogens is 272 g/mol. The molecule has 1 aromatic heterocycles. The van der Waals surface area contributed by atoms with Crippen molar-refractivity contribution < 1.29 is 4.92 Å². The van der Waals surface area contributed by atoms with E-state index in [1.165, 1.54) is 18.2 Å². The number of H-pyrrole nitrogens is 1. The number of rotatable bonds is 5. The molecule has 0 spiro atoms. The third-order valence-electron chi connectivity index (χ3n) is 2.82. The van der Waals surface area contributed by atoms with Gasteiger partial charge in [0.2, 0.25) is 0 Å². The van der Waals surface area contributed by atoms with E-state index < -0.39 is 4.92 Å². The number of nitrogens with one attached hydrogen (secondary N) is 2. The normalized spacial score (nSPS) is 10.8. The van der Waals surface area contributed by atoms with E-state index in [4.69, 9.17) is 0 Å². The van der Waals surface area contributed by atoms with E-state index in [1.54, 1.807) is 12.1 Å². The number of aromatic nitrogens is 2. The van der Waals surface area contributed by atoms with Gasteiger partial charge in [0.1, 0.15) is 5.82 Å². The van der Waals surface area contributed by atoms with Gasteiger partial charge in [-0.3, -0.25) is 14.9 Å². The van der Waals surface area contributed by atoms with Gasteiger partial charge in [-0.25, -0.2) is 4.98 Å². The molecule has 0 aliphatic heterocycles. The van der Waals surface area contributed by atoms with Crippen LogP contribution in [0.2, 0.25) is 0 Å². The van der Waals surface area contributed by atoms with Crippen molar-refractivity contribution in [3.05, 3.63) is 56.5 Å². The van der Waals surface area contributed by atoms with E-state index >= 15 is 0 Å². The van der Waals surface area contributed by atoms with Gasteiger partial charge in [0.05, 0.1) is 10.6 Å². The summed E-state index contributed by atoms with van der Waals surface area (Å²) in [5.41, 5.74) is 0.773. The predicted octanol–water partition coefficient (Wildman–Crippen LogP) is 1.84. The van der Waals surface area contributed by atoms with E-state index in [1.807, 2.05) is 13.8 Å². The molecule has 7 nitrogen and oxygen atoms in total. The van der Waals surface area contributed by atoms with E-state index in [2.05, 4.69) is 15.3 Å². The van der Waals surface area contributed by atoms with Gasteiger partial charge in [-0.1, -0.05) is 26.0 Å². The largest absolute Gasteiger partial charge is 0.309 e. The van der Waals surface area contributed by atoms with Gasteiger partial charge in [-0.15, -0.1) is 0 Å². The Morgan fingerprint density at radius 2 is 2.14 bits per heavy atom. The SMILES string of the molecule is CC(C)NCc1cc(=O)[nH]c(-c2cccc([N+](=O)[O-])c2)n1. The molecular formula is C14H16N4O3. The van der Waals surface area contributed by atoms with E-state index in [0.717, 1.165) is 0 Å². The Bertz CT molecular complexity index is 709. The summed E-state index contributed by atoms with van der Waals surface area (Å²) in [7, 11) is 0. The number of aromatic amines is 1. The minimum Gasteiger partial charge on any atom is -0.309 e. The highest BCUT2D eigenvalue weighted by atomic mass is 16.6. The van der Waals surface area contributed by atoms with Gasteiger partial charge in [-0.05, 0) is 0 Å². The highest BCUT2D eigenvalue weighted by Gasteiger charge is 2.10. The van der Waals surface area contributed by atoms with Crippen LogP contribution < -0.4 is 10.9 Å². The molecule has 2 N–H and O–H groups in total. The second-order valence-corrected chi connectivity index (χ2v) is 4.93. The molecule has 7 heteroatoms. The molecule has 21 heavy (non-hydrogen) atoms. The lowest BCUT2D eigenvalue weighted by Crippen LogP contribution is -2.24. The highest BCUT2D eigenvalue weighted by molar-refractivity contribution is 5.58. The third kappa shape index (κ3) is 3.96. The summed E-state index contributed by atoms with van der Waals surface area (Å²) in [6, 6.07) is 7.70. The van der Waals surface area contributed by atoms with Crippen LogP contribution in [0.1, 0.15) is 19.5 Å². The minimum atomic E-state index is -0.480. The van der Waals surface area contributed by atoms with Crippen molar-refractivity contribution in [1.82, 2.24) is 15.3 Å². The number of nitro benzene ring substituents is 1. The first-order valence-electron chi connectivity index (χ1n) is 6.54. The fourth-order valence-corrected chi connectivity index (χ4v) is 1.81. The molecule has 2 rings (SSSR count). The second kappa shape index (κ2) is 6.27. The van der Waals surface area contributed by atoms with Crippen molar-refractivity contribution in [2.24, 2.45) is 0 Å². The maximum Gasteiger partial charge on any atom is 0.270 e. The van der Waals surface area contributed by atoms with Gasteiger partial charge < -0.3 is 10.3 Å². The Morgan fingerprint density at radius 1 is 1.38 bits per heavy atom. The van der Waals surface area contributed by atoms with Crippen LogP contribution in [0.15, 0.2) is 35.1 Å². The van der Waals surface area contributed by atoms with Crippen molar-refractivity contribution in [3.8, 4) is 11.4 Å². The van der Waals surface area contributed by atoms with Crippen molar-refractivity contribution >= 4 is 5.69 Å². The molecule has 0 saturated carbocycles. The molecule has 2 aromatic rings. The summed E-state index contributed by atoms with van der Waals surface area (Å²) >= 11 is 0. The third-order valence-corrected chi connectivity index (χ3v) is 2.82. The number of nitro groups is 1. The van der Waals surface area contributed by atoms with Crippen LogP contribution in [-0.4, -0.2) is 20.9 Å². The summed E-state index contributed by atoms with van der Waals surface area (Å²) in [5.74, 6) is 0.326. The zero-order valence-electron chi connectivity index (χ0n) is 11.8. The molecule has 0 saturated heterocycles. The Morgan fingerprint density at radius 3 is 2.81 bits per heavy atom. The first-order chi connectivity index (χ1) is 9.95. The average molecular weight is 288 g/mol. The summed E-state index contributed by atoms with van der Waals surface area (Å²) < 4.78 is 0. The molecule has 0 fully saturated rings. The van der Waals surface area contributed by atoms with Crippen LogP contribution in [-0.2, 0) is 6.54 Å². The number of hydrogen-bond donors (Lipinski definition) is 2. The van der Waals surface area contributed by atoms with E-state index in [0.29, 0.717) is 23.6 Å². The Balaban J connectivity index is 2.37. The summed E-state index contributed by atoms with van der Waals surface area (Å²) in [6.07, 6.45) is 0. The topological polar surface area (TPSA) is 101 Å². The fraction of sp³-hybridized carbons (Fsp3) is 0.286. The Hall–Kier alpha value is -2.54. The van der Waals surface area contributed by atoms with Crippen molar-refractivity contribution in [1.29, 1.82) is 0 Å². The molecule has 0 radical (unpaired) electrons. The van der Waals surface area contributed by atoms with Crippen LogP contribution in [0.5, 0.6) is 0 Å². The molecule has 1 heterocycles. The van der Waals surface area contributed by atoms with Gasteiger partial charge in [0.15, 0.2) is 0 Å². The molecule has 0 aliphatic rings. The van der Waals surface area contributed by atoms with Crippen molar-refractivity contribution in [2.45, 2.75) is 26.4 Å². The summed E-state index contributed by atoms with van der Waals surface area (Å²) in [4.78, 5) is 28.9. The predicted molar refractivity (Wildman–Crippen MR) is 78.9 cm³/mol. The first kappa shape index (κ1) is 14.9. The van der Waals surface area contributed by atoms with Crippen LogP contribution >= 0.6 is 0 Å². The standard InChI is InChI=1S/C14H16N4O3/c1-9(2)15-8-11-7-13(19)17-14(16-11)10-4-3-5-12(6-10)18(20)21/h3-7,9,15H,8H2,1-2H3,(H,16,17,19). The van der Waals surface area contributed by atoms with Crippen LogP contribution in [0.3, 0.4) is 0 Å². The average Bonchev–Trinajstić information content (AvgIpc) is 2.44. The van der Waals surface area contributed by atoms with Crippen LogP contribution in [0.25, 0.3) is 11.4 Å². The summed E-state index contributed by atoms with van der Waals surface area (Å²) in [6.45, 7) is 4.45. The zero-order valence-corrected chi connectivity index (χ0v) is 11.8. The molecule has 0 atom stereocenters. The van der Waals surface area contributed by atoms with Gasteiger partial charge in [0, 0.05) is 36.3 Å². The number of non-ortho nitro benzene ring substituents is 1. The molecule has 0 aliphatic carbocycles. The van der Waals surface area contributed by atoms with Gasteiger partial charge >= 0.3 is 0 Å². The smallest absolute Gasteiger partial charge is 0.270 e. The second-order valence-electron chi connectivity index (χ2n) is 4.93. The molecule has 1 aromatic carbocycles. The molecule has 110 valence electrons. The summed E-state index contributed by atoms with van der Waals surface area (Å²) in [5, 5.41) is 14.0. The highest BCUT2D eigenvalue weighted by Crippen LogP contribution is 2.20. The van der Waals surface area contributed by atoms with Crippen molar-refractivity contribution in [3.63, 3.8) is 0 Å². The Labute approximate surface area is 121 Å². The van der Waals surface area contributed by atoms with E-state index in [9.17, 15) is 14.9 Å². The zero-order chi connectivity index (χ0) is 15.4. The van der Waals surface area contributed by atoms with Gasteiger partial charge in [-0.2, -0.15) is 0 Å². The maximum atomic E-state index is 11.7. The number of benzene rings is 1. The lowest BCUT2D eigenvalue weighted by molar-refractivity contribution is -0.384. The van der Waals surface area contributed by atoms with Crippen LogP contribution in [0.4, 0.5) is 5.69 Å². The molecule has 0 amide bonds. The minimum absolute atomic E-state index is 0.0409. The fourth-order valence-electron chi connectivity index (χ4n) is 1.81. The molecule has 0 bridgehead atoms. The van der Waals surface area contributed by atoms with E-state index in [-0.39, 0.29) is 17.3 Å². The lowest BCUT2D eigenvalue weighted by Gasteiger charge is -2.08. The lowest BCUT2D eigenvalue weighted by atomic mass is 10.2. The molecule has 0 unspecified atom stereocenters. The van der Waals surface area contributed by atoms with Crippen molar-refractivity contribution in [2.75, 3.05) is 0 Å². The quantitative estimate of drug-likeness (QED) is 0.645. The first-order valence-corrected chi connectivity index (χ1v) is 6.54. The van der Waals surface area contributed by atoms with Gasteiger partial charge in [0.25, 0.3) is 11.2 Å². The number of hydrogen-bond acceptors (Lipinski definition) is 5. The monoisotopic (exact) mass is 288 g/mol. The maximum absolute atomic E-state index is 11.7.